The van der Waals surface area contributed by atoms with Gasteiger partial charge in [-0.2, -0.15) is 0 Å². The van der Waals surface area contributed by atoms with E-state index in [2.05, 4.69) is 9.88 Å². The number of esters is 1. The molecule has 9 nitrogen and oxygen atoms in total. The summed E-state index contributed by atoms with van der Waals surface area (Å²) in [6.07, 6.45) is 4.09. The minimum absolute atomic E-state index is 0.0247. The van der Waals surface area contributed by atoms with Crippen molar-refractivity contribution in [2.45, 2.75) is 37.8 Å². The monoisotopic (exact) mass is 739 g/mol. The Balaban J connectivity index is 1.18. The van der Waals surface area contributed by atoms with E-state index < -0.39 is 23.7 Å². The van der Waals surface area contributed by atoms with Gasteiger partial charge in [0.05, 0.1) is 48.7 Å². The zero-order valence-electron chi connectivity index (χ0n) is 28.1. The molecule has 3 aromatic carbocycles. The van der Waals surface area contributed by atoms with Gasteiger partial charge < -0.3 is 18.9 Å². The van der Waals surface area contributed by atoms with Crippen molar-refractivity contribution in [3.63, 3.8) is 0 Å². The van der Waals surface area contributed by atoms with Gasteiger partial charge in [-0.05, 0) is 91.4 Å². The lowest BCUT2D eigenvalue weighted by Crippen LogP contribution is -2.53. The highest BCUT2D eigenvalue weighted by atomic mass is 35.5. The Morgan fingerprint density at radius 2 is 1.65 bits per heavy atom. The number of hydrogen-bond acceptors (Lipinski definition) is 8. The number of rotatable bonds is 12. The maximum Gasteiger partial charge on any atom is 0.415 e. The van der Waals surface area contributed by atoms with Gasteiger partial charge in [-0.25, -0.2) is 18.4 Å². The van der Waals surface area contributed by atoms with E-state index in [1.807, 2.05) is 12.1 Å². The smallest absolute Gasteiger partial charge is 0.415 e. The molecule has 2 atom stereocenters. The lowest BCUT2D eigenvalue weighted by atomic mass is 9.86. The van der Waals surface area contributed by atoms with Crippen molar-refractivity contribution < 1.29 is 37.3 Å². The van der Waals surface area contributed by atoms with Crippen molar-refractivity contribution in [3.05, 3.63) is 117 Å². The van der Waals surface area contributed by atoms with E-state index in [1.165, 1.54) is 19.5 Å². The number of pyridine rings is 1. The minimum Gasteiger partial charge on any atom is -0.493 e. The third kappa shape index (κ3) is 8.54. The van der Waals surface area contributed by atoms with Gasteiger partial charge in [0.2, 0.25) is 0 Å². The van der Waals surface area contributed by atoms with E-state index >= 15 is 0 Å². The molecule has 268 valence electrons. The molecular weight excluding hydrogens is 703 g/mol. The normalized spacial score (nSPS) is 18.5. The number of carbonyl (C=O) groups is 2. The Hall–Kier alpha value is -4.45. The van der Waals surface area contributed by atoms with Crippen LogP contribution in [0.1, 0.15) is 45.8 Å². The molecule has 51 heavy (non-hydrogen) atoms. The second kappa shape index (κ2) is 16.3. The number of anilines is 1. The number of piperidine rings is 3. The summed E-state index contributed by atoms with van der Waals surface area (Å²) in [5, 5.41) is 0.768. The first kappa shape index (κ1) is 36.3. The molecule has 0 N–H and O–H groups in total. The summed E-state index contributed by atoms with van der Waals surface area (Å²) in [5.41, 5.74) is 2.03. The van der Waals surface area contributed by atoms with Crippen LogP contribution in [-0.4, -0.2) is 68.5 Å². The number of halogens is 4. The van der Waals surface area contributed by atoms with Crippen LogP contribution in [0, 0.1) is 17.6 Å². The highest BCUT2D eigenvalue weighted by Crippen LogP contribution is 2.35. The van der Waals surface area contributed by atoms with E-state index in [0.717, 1.165) is 54.6 Å². The number of nitrogens with zero attached hydrogens (tertiary/aromatic N) is 3. The molecule has 2 bridgehead atoms. The Morgan fingerprint density at radius 1 is 0.941 bits per heavy atom. The molecule has 4 aromatic rings. The summed E-state index contributed by atoms with van der Waals surface area (Å²) >= 11 is 12.9. The van der Waals surface area contributed by atoms with Crippen LogP contribution in [0.5, 0.6) is 11.5 Å². The van der Waals surface area contributed by atoms with Crippen LogP contribution >= 0.6 is 23.2 Å². The molecule has 0 radical (unpaired) electrons. The maximum atomic E-state index is 15.0. The summed E-state index contributed by atoms with van der Waals surface area (Å²) < 4.78 is 51.8. The van der Waals surface area contributed by atoms with E-state index in [4.69, 9.17) is 42.1 Å². The average Bonchev–Trinajstić information content (AvgIpc) is 3.14. The second-order valence-electron chi connectivity index (χ2n) is 12.6. The number of hydrogen-bond donors (Lipinski definition) is 0. The van der Waals surface area contributed by atoms with Gasteiger partial charge in [-0.15, -0.1) is 0 Å². The first-order valence-corrected chi connectivity index (χ1v) is 17.3. The third-order valence-corrected chi connectivity index (χ3v) is 10.1. The molecule has 3 fully saturated rings. The van der Waals surface area contributed by atoms with Gasteiger partial charge in [-0.1, -0.05) is 41.4 Å². The first-order valence-electron chi connectivity index (χ1n) is 16.5. The topological polar surface area (TPSA) is 90.4 Å². The molecule has 0 unspecified atom stereocenters. The van der Waals surface area contributed by atoms with Gasteiger partial charge in [0.1, 0.15) is 17.7 Å². The van der Waals surface area contributed by atoms with E-state index in [1.54, 1.807) is 37.4 Å². The number of aromatic nitrogens is 1. The molecule has 0 aliphatic carbocycles. The highest BCUT2D eigenvalue weighted by Gasteiger charge is 2.38. The number of fused-ring (bicyclic) bond motifs is 3. The number of carbonyl (C=O) groups excluding carboxylic acids is 2. The van der Waals surface area contributed by atoms with Crippen LogP contribution in [0.3, 0.4) is 0 Å². The van der Waals surface area contributed by atoms with Crippen LogP contribution in [0.15, 0.2) is 73.1 Å². The van der Waals surface area contributed by atoms with E-state index in [0.29, 0.717) is 45.6 Å². The van der Waals surface area contributed by atoms with Crippen LogP contribution in [0.2, 0.25) is 10.0 Å². The number of methoxy groups -OCH3 is 2. The van der Waals surface area contributed by atoms with Crippen LogP contribution < -0.4 is 14.4 Å². The standard InChI is InChI=1S/C38H37Cl2F2N3O6/c1-48-34-10-7-26(16-35(34)49-2)27(15-29-30(39)18-43-19-31(29)40)22-50-37(46)25-5-3-23(4-6-25)20-45(33-17-28(41)8-9-32(33)42)38(47)51-36-21-44-13-11-24(36)12-14-44/h3-10,16-19,24,27,36H,11-15,20-22H2,1-2H3/t27-,36+/m1/s1. The van der Waals surface area contributed by atoms with Crippen LogP contribution in [0.25, 0.3) is 0 Å². The molecule has 3 aliphatic rings. The van der Waals surface area contributed by atoms with Crippen LogP contribution in [0.4, 0.5) is 19.3 Å². The Morgan fingerprint density at radius 3 is 2.29 bits per heavy atom. The molecular formula is C38H37Cl2F2N3O6. The predicted octanol–water partition coefficient (Wildman–Crippen LogP) is 8.10. The molecule has 3 saturated heterocycles. The zero-order chi connectivity index (χ0) is 36.1. The average molecular weight is 741 g/mol. The third-order valence-electron chi connectivity index (χ3n) is 9.50. The van der Waals surface area contributed by atoms with Crippen molar-refractivity contribution in [2.75, 3.05) is 45.4 Å². The van der Waals surface area contributed by atoms with Gasteiger partial charge in [-0.3, -0.25) is 14.8 Å². The molecule has 4 heterocycles. The van der Waals surface area contributed by atoms with Gasteiger partial charge in [0.25, 0.3) is 0 Å². The van der Waals surface area contributed by atoms with Crippen molar-refractivity contribution in [1.29, 1.82) is 0 Å². The van der Waals surface area contributed by atoms with Gasteiger partial charge >= 0.3 is 12.1 Å². The molecule has 0 spiro atoms. The molecule has 0 saturated carbocycles. The summed E-state index contributed by atoms with van der Waals surface area (Å²) in [6.45, 7) is 2.38. The van der Waals surface area contributed by atoms with Crippen molar-refractivity contribution >= 4 is 41.0 Å². The predicted molar refractivity (Wildman–Crippen MR) is 189 cm³/mol. The molecule has 3 aliphatic heterocycles. The van der Waals surface area contributed by atoms with Crippen molar-refractivity contribution in [1.82, 2.24) is 9.88 Å². The van der Waals surface area contributed by atoms with Crippen LogP contribution in [-0.2, 0) is 22.4 Å². The first-order chi connectivity index (χ1) is 24.6. The Kier molecular flexibility index (Phi) is 11.6. The van der Waals surface area contributed by atoms with E-state index in [-0.39, 0.29) is 42.3 Å². The van der Waals surface area contributed by atoms with Gasteiger partial charge in [0.15, 0.2) is 11.5 Å². The summed E-state index contributed by atoms with van der Waals surface area (Å²) in [4.78, 5) is 34.2. The fraction of sp³-hybridized carbons (Fsp3) is 0.342. The second-order valence-corrected chi connectivity index (χ2v) is 13.4. The number of amides is 1. The largest absolute Gasteiger partial charge is 0.493 e. The summed E-state index contributed by atoms with van der Waals surface area (Å²) in [6, 6.07) is 14.7. The van der Waals surface area contributed by atoms with Crippen molar-refractivity contribution in [2.24, 2.45) is 5.92 Å². The van der Waals surface area contributed by atoms with Gasteiger partial charge in [0, 0.05) is 30.9 Å². The molecule has 7 rings (SSSR count). The maximum absolute atomic E-state index is 15.0. The minimum atomic E-state index is -0.766. The summed E-state index contributed by atoms with van der Waals surface area (Å²) in [7, 11) is 3.08. The Labute approximate surface area is 305 Å². The Bertz CT molecular complexity index is 1850. The number of ether oxygens (including phenoxy) is 4. The fourth-order valence-electron chi connectivity index (χ4n) is 6.63. The molecule has 13 heteroatoms. The molecule has 1 amide bonds. The lowest BCUT2D eigenvalue weighted by molar-refractivity contribution is -0.0311. The summed E-state index contributed by atoms with van der Waals surface area (Å²) in [5.74, 6) is -1.13. The molecule has 1 aromatic heterocycles. The zero-order valence-corrected chi connectivity index (χ0v) is 29.6. The van der Waals surface area contributed by atoms with Crippen molar-refractivity contribution in [3.8, 4) is 11.5 Å². The lowest BCUT2D eigenvalue weighted by Gasteiger charge is -2.44. The number of benzene rings is 3. The quantitative estimate of drug-likeness (QED) is 0.135. The highest BCUT2D eigenvalue weighted by molar-refractivity contribution is 6.35. The fourth-order valence-corrected chi connectivity index (χ4v) is 7.14. The SMILES string of the molecule is COc1ccc([C@@H](COC(=O)c2ccc(CN(C(=O)O[C@H]3CN4CCC3CC4)c3cc(F)ccc3F)cc2)Cc2c(Cl)cncc2Cl)cc1OC. The van der Waals surface area contributed by atoms with E-state index in [9.17, 15) is 18.4 Å².